The number of benzene rings is 2. The number of fused-ring (bicyclic) bond motifs is 1. The lowest BCUT2D eigenvalue weighted by Gasteiger charge is -2.07. The molecule has 1 aromatic heterocycles. The van der Waals surface area contributed by atoms with E-state index < -0.39 is 11.8 Å². The second kappa shape index (κ2) is 4.74. The normalized spacial score (nSPS) is 10.7. The van der Waals surface area contributed by atoms with Crippen molar-refractivity contribution < 1.29 is 14.3 Å². The predicted octanol–water partition coefficient (Wildman–Crippen LogP) is 3.74. The van der Waals surface area contributed by atoms with Crippen molar-refractivity contribution in [3.63, 3.8) is 0 Å². The first kappa shape index (κ1) is 12.3. The van der Waals surface area contributed by atoms with E-state index in [4.69, 9.17) is 0 Å². The molecule has 0 fully saturated rings. The lowest BCUT2D eigenvalue weighted by molar-refractivity contribution is 0.0697. The van der Waals surface area contributed by atoms with Gasteiger partial charge in [0.15, 0.2) is 0 Å². The van der Waals surface area contributed by atoms with Crippen molar-refractivity contribution >= 4 is 16.9 Å². The second-order valence-corrected chi connectivity index (χ2v) is 4.41. The molecule has 1 N–H and O–H groups in total. The summed E-state index contributed by atoms with van der Waals surface area (Å²) in [7, 11) is 0. The van der Waals surface area contributed by atoms with E-state index in [1.807, 2.05) is 12.1 Å². The van der Waals surface area contributed by atoms with Gasteiger partial charge in [0.25, 0.3) is 0 Å². The fourth-order valence-electron chi connectivity index (χ4n) is 2.18. The maximum atomic E-state index is 13.4. The van der Waals surface area contributed by atoms with Gasteiger partial charge in [0.1, 0.15) is 5.82 Å². The van der Waals surface area contributed by atoms with Gasteiger partial charge in [-0.2, -0.15) is 0 Å². The van der Waals surface area contributed by atoms with Crippen molar-refractivity contribution in [2.24, 2.45) is 0 Å². The highest BCUT2D eigenvalue weighted by atomic mass is 19.1. The average Bonchev–Trinajstić information content (AvgIpc) is 2.46. The summed E-state index contributed by atoms with van der Waals surface area (Å²) in [6, 6.07) is 12.7. The van der Waals surface area contributed by atoms with E-state index in [2.05, 4.69) is 4.98 Å². The molecule has 0 aliphatic heterocycles. The molecule has 1 heterocycles. The van der Waals surface area contributed by atoms with Crippen LogP contribution < -0.4 is 0 Å². The Kier molecular flexibility index (Phi) is 2.91. The van der Waals surface area contributed by atoms with Crippen LogP contribution in [0.1, 0.15) is 10.4 Å². The van der Waals surface area contributed by atoms with Crippen LogP contribution in [0.2, 0.25) is 0 Å². The number of hydrogen-bond donors (Lipinski definition) is 1. The molecule has 0 radical (unpaired) electrons. The Labute approximate surface area is 114 Å². The van der Waals surface area contributed by atoms with Gasteiger partial charge in [0.05, 0.1) is 11.1 Å². The molecule has 0 unspecified atom stereocenters. The lowest BCUT2D eigenvalue weighted by atomic mass is 9.98. The first-order valence-corrected chi connectivity index (χ1v) is 6.03. The summed E-state index contributed by atoms with van der Waals surface area (Å²) < 4.78 is 13.4. The topological polar surface area (TPSA) is 50.2 Å². The molecule has 3 nitrogen and oxygen atoms in total. The zero-order valence-electron chi connectivity index (χ0n) is 10.4. The minimum absolute atomic E-state index is 0.0784. The van der Waals surface area contributed by atoms with E-state index in [1.54, 1.807) is 24.4 Å². The van der Waals surface area contributed by atoms with E-state index in [0.29, 0.717) is 11.1 Å². The monoisotopic (exact) mass is 267 g/mol. The third-order valence-corrected chi connectivity index (χ3v) is 3.13. The number of halogens is 1. The highest BCUT2D eigenvalue weighted by Crippen LogP contribution is 2.27. The number of hydrogen-bond acceptors (Lipinski definition) is 2. The van der Waals surface area contributed by atoms with E-state index in [9.17, 15) is 14.3 Å². The standard InChI is InChI=1S/C16H10FNO2/c17-12-4-5-13(16(19)20)14(9-12)10-3-6-15-11(8-10)2-1-7-18-15/h1-9H,(H,19,20). The van der Waals surface area contributed by atoms with Gasteiger partial charge in [-0.25, -0.2) is 9.18 Å². The number of pyridine rings is 1. The first-order chi connectivity index (χ1) is 9.65. The number of aromatic carboxylic acids is 1. The van der Waals surface area contributed by atoms with E-state index >= 15 is 0 Å². The first-order valence-electron chi connectivity index (χ1n) is 6.03. The lowest BCUT2D eigenvalue weighted by Crippen LogP contribution is -2.00. The molecule has 0 spiro atoms. The van der Waals surface area contributed by atoms with Gasteiger partial charge < -0.3 is 5.11 Å². The molecule has 98 valence electrons. The summed E-state index contributed by atoms with van der Waals surface area (Å²) >= 11 is 0. The minimum atomic E-state index is -1.08. The van der Waals surface area contributed by atoms with Crippen LogP contribution in [0.15, 0.2) is 54.7 Å². The summed E-state index contributed by atoms with van der Waals surface area (Å²) in [6.45, 7) is 0. The molecule has 0 aliphatic carbocycles. The highest BCUT2D eigenvalue weighted by molar-refractivity contribution is 5.97. The molecule has 0 atom stereocenters. The molecule has 3 aromatic rings. The largest absolute Gasteiger partial charge is 0.478 e. The molecule has 20 heavy (non-hydrogen) atoms. The van der Waals surface area contributed by atoms with Crippen molar-refractivity contribution in [1.82, 2.24) is 4.98 Å². The van der Waals surface area contributed by atoms with E-state index in [0.717, 1.165) is 17.0 Å². The van der Waals surface area contributed by atoms with Crippen LogP contribution >= 0.6 is 0 Å². The van der Waals surface area contributed by atoms with E-state index in [-0.39, 0.29) is 5.56 Å². The second-order valence-electron chi connectivity index (χ2n) is 4.41. The third-order valence-electron chi connectivity index (χ3n) is 3.13. The van der Waals surface area contributed by atoms with Crippen molar-refractivity contribution in [2.45, 2.75) is 0 Å². The zero-order valence-corrected chi connectivity index (χ0v) is 10.4. The van der Waals surface area contributed by atoms with Crippen LogP contribution in [0.3, 0.4) is 0 Å². The Bertz CT molecular complexity index is 814. The molecule has 0 bridgehead atoms. The van der Waals surface area contributed by atoms with Gasteiger partial charge in [-0.1, -0.05) is 12.1 Å². The van der Waals surface area contributed by atoms with Crippen LogP contribution in [0.4, 0.5) is 4.39 Å². The van der Waals surface area contributed by atoms with Gasteiger partial charge in [-0.05, 0) is 47.5 Å². The SMILES string of the molecule is O=C(O)c1ccc(F)cc1-c1ccc2ncccc2c1. The summed E-state index contributed by atoms with van der Waals surface area (Å²) in [6.07, 6.45) is 1.69. The molecule has 4 heteroatoms. The number of carboxylic acid groups (broad SMARTS) is 1. The maximum Gasteiger partial charge on any atom is 0.336 e. The van der Waals surface area contributed by atoms with Crippen molar-refractivity contribution in [2.75, 3.05) is 0 Å². The molecule has 0 saturated carbocycles. The van der Waals surface area contributed by atoms with Crippen molar-refractivity contribution in [1.29, 1.82) is 0 Å². The Morgan fingerprint density at radius 1 is 1.10 bits per heavy atom. The highest BCUT2D eigenvalue weighted by Gasteiger charge is 2.13. The fraction of sp³-hybridized carbons (Fsp3) is 0. The predicted molar refractivity (Wildman–Crippen MR) is 74.1 cm³/mol. The molecule has 2 aromatic carbocycles. The van der Waals surface area contributed by atoms with Crippen LogP contribution in [-0.2, 0) is 0 Å². The number of nitrogens with zero attached hydrogens (tertiary/aromatic N) is 1. The van der Waals surface area contributed by atoms with Crippen molar-refractivity contribution in [3.05, 3.63) is 66.1 Å². The summed E-state index contributed by atoms with van der Waals surface area (Å²) in [4.78, 5) is 15.4. The van der Waals surface area contributed by atoms with Gasteiger partial charge in [0.2, 0.25) is 0 Å². The van der Waals surface area contributed by atoms with Crippen LogP contribution in [0, 0.1) is 5.82 Å². The Morgan fingerprint density at radius 3 is 2.75 bits per heavy atom. The summed E-state index contributed by atoms with van der Waals surface area (Å²) in [5, 5.41) is 10.1. The fourth-order valence-corrected chi connectivity index (χ4v) is 2.18. The summed E-state index contributed by atoms with van der Waals surface area (Å²) in [5.41, 5.74) is 1.91. The van der Waals surface area contributed by atoms with Gasteiger partial charge in [-0.3, -0.25) is 4.98 Å². The molecular formula is C16H10FNO2. The Hall–Kier alpha value is -2.75. The molecular weight excluding hydrogens is 257 g/mol. The van der Waals surface area contributed by atoms with Gasteiger partial charge in [0, 0.05) is 11.6 Å². The molecule has 0 aliphatic rings. The number of aromatic nitrogens is 1. The number of carboxylic acids is 1. The number of rotatable bonds is 2. The third kappa shape index (κ3) is 2.12. The van der Waals surface area contributed by atoms with Crippen LogP contribution in [0.5, 0.6) is 0 Å². The Morgan fingerprint density at radius 2 is 1.95 bits per heavy atom. The zero-order chi connectivity index (χ0) is 14.1. The average molecular weight is 267 g/mol. The molecule has 0 amide bonds. The number of carbonyl (C=O) groups is 1. The van der Waals surface area contributed by atoms with Crippen molar-refractivity contribution in [3.8, 4) is 11.1 Å². The van der Waals surface area contributed by atoms with Crippen LogP contribution in [0.25, 0.3) is 22.0 Å². The maximum absolute atomic E-state index is 13.4. The van der Waals surface area contributed by atoms with Gasteiger partial charge >= 0.3 is 5.97 Å². The van der Waals surface area contributed by atoms with Crippen LogP contribution in [-0.4, -0.2) is 16.1 Å². The summed E-state index contributed by atoms with van der Waals surface area (Å²) in [5.74, 6) is -1.54. The smallest absolute Gasteiger partial charge is 0.336 e. The Balaban J connectivity index is 2.24. The minimum Gasteiger partial charge on any atom is -0.478 e. The molecule has 3 rings (SSSR count). The van der Waals surface area contributed by atoms with E-state index in [1.165, 1.54) is 12.1 Å². The quantitative estimate of drug-likeness (QED) is 0.769. The van der Waals surface area contributed by atoms with Gasteiger partial charge in [-0.15, -0.1) is 0 Å². The molecule has 0 saturated heterocycles.